The van der Waals surface area contributed by atoms with E-state index in [2.05, 4.69) is 43.5 Å². The molecule has 0 aromatic rings. The molecule has 0 spiro atoms. The van der Waals surface area contributed by atoms with E-state index >= 15 is 0 Å². The van der Waals surface area contributed by atoms with Gasteiger partial charge in [-0.15, -0.1) is 0 Å². The third-order valence-electron chi connectivity index (χ3n) is 16.8. The molecule has 0 bridgehead atoms. The number of ether oxygens (including phenoxy) is 2. The van der Waals surface area contributed by atoms with Gasteiger partial charge in [0.1, 0.15) is 36.6 Å². The second kappa shape index (κ2) is 57.0. The molecule has 1 heterocycles. The largest absolute Gasteiger partial charge is 0.394 e. The smallest absolute Gasteiger partial charge is 0.249 e. The Kier molecular flexibility index (Phi) is 54.6. The van der Waals surface area contributed by atoms with Crippen LogP contribution < -0.4 is 5.32 Å². The highest BCUT2D eigenvalue weighted by molar-refractivity contribution is 5.80. The fourth-order valence-corrected chi connectivity index (χ4v) is 11.2. The number of aliphatic hydroxyl groups excluding tert-OH is 7. The summed E-state index contributed by atoms with van der Waals surface area (Å²) in [6.45, 7) is 3.51. The Morgan fingerprint density at radius 2 is 0.772 bits per heavy atom. The average Bonchev–Trinajstić information content (AvgIpc) is 3.46. The third kappa shape index (κ3) is 44.7. The lowest BCUT2D eigenvalue weighted by atomic mass is 9.98. The van der Waals surface area contributed by atoms with Crippen LogP contribution >= 0.6 is 0 Å². The molecule has 8 N–H and O–H groups in total. The molecular weight excluding hydrogens is 991 g/mol. The van der Waals surface area contributed by atoms with Crippen LogP contribution in [0.15, 0.2) is 24.3 Å². The van der Waals surface area contributed by atoms with Crippen LogP contribution in [-0.2, 0) is 14.3 Å². The minimum absolute atomic E-state index is 0.262. The number of carbonyl (C=O) groups is 1. The predicted molar refractivity (Wildman–Crippen MR) is 330 cm³/mol. The molecule has 9 unspecified atom stereocenters. The maximum Gasteiger partial charge on any atom is 0.249 e. The van der Waals surface area contributed by atoms with Gasteiger partial charge < -0.3 is 50.5 Å². The number of rotatable bonds is 60. The number of allylic oxidation sites excluding steroid dienone is 4. The third-order valence-corrected chi connectivity index (χ3v) is 16.8. The molecule has 1 aliphatic rings. The van der Waals surface area contributed by atoms with E-state index in [-0.39, 0.29) is 6.42 Å². The van der Waals surface area contributed by atoms with Crippen molar-refractivity contribution < 1.29 is 50.0 Å². The molecular formula is C68H131NO10. The SMILES string of the molecule is CCCCCCCCCCC/C=C\C/C=C\CCCCCCCCCCCCCCCCC(O)C(=O)NC(COC1OC(CO)C(O)C(O)C1O)C(O)C(O)CCCCCCCCCCCCCCCCCCCCCCCC. The fraction of sp³-hybridized carbons (Fsp3) is 0.926. The van der Waals surface area contributed by atoms with Crippen molar-refractivity contribution in [1.82, 2.24) is 5.32 Å². The van der Waals surface area contributed by atoms with Crippen molar-refractivity contribution in [3.8, 4) is 0 Å². The standard InChI is InChI=1S/C68H131NO10/c1-3-5-7-9-11-13-15-17-19-21-23-25-27-28-29-30-31-32-33-34-36-38-40-42-44-46-48-50-52-54-56-61(72)67(77)69-59(58-78-68-66(76)65(75)64(74)62(57-70)79-68)63(73)60(71)55-53-51-49-47-45-43-41-39-37-35-26-24-22-20-18-16-14-12-10-8-6-4-2/h23,25,28-29,59-66,68,70-76H,3-22,24,26-27,30-58H2,1-2H3,(H,69,77)/b25-23-,29-28-. The lowest BCUT2D eigenvalue weighted by Gasteiger charge is -2.40. The van der Waals surface area contributed by atoms with Crippen LogP contribution in [0.4, 0.5) is 0 Å². The summed E-state index contributed by atoms with van der Waals surface area (Å²) in [5.41, 5.74) is 0. The van der Waals surface area contributed by atoms with Gasteiger partial charge >= 0.3 is 0 Å². The van der Waals surface area contributed by atoms with Crippen LogP contribution in [0.3, 0.4) is 0 Å². The summed E-state index contributed by atoms with van der Waals surface area (Å²) < 4.78 is 11.2. The van der Waals surface area contributed by atoms with Crippen molar-refractivity contribution in [3.05, 3.63) is 24.3 Å². The number of hydrogen-bond acceptors (Lipinski definition) is 10. The van der Waals surface area contributed by atoms with Gasteiger partial charge in [0.25, 0.3) is 0 Å². The molecule has 1 saturated heterocycles. The molecule has 0 aromatic heterocycles. The normalized spacial score (nSPS) is 19.4. The molecule has 0 aliphatic carbocycles. The van der Waals surface area contributed by atoms with E-state index in [1.807, 2.05) is 0 Å². The minimum atomic E-state index is -1.66. The van der Waals surface area contributed by atoms with Gasteiger partial charge in [-0.3, -0.25) is 4.79 Å². The number of unbranched alkanes of at least 4 members (excludes halogenated alkanes) is 44. The summed E-state index contributed by atoms with van der Waals surface area (Å²) in [6.07, 6.45) is 59.6. The van der Waals surface area contributed by atoms with Gasteiger partial charge in [0.05, 0.1) is 25.4 Å². The first-order chi connectivity index (χ1) is 38.7. The van der Waals surface area contributed by atoms with Gasteiger partial charge in [0, 0.05) is 0 Å². The summed E-state index contributed by atoms with van der Waals surface area (Å²) in [5.74, 6) is -0.691. The van der Waals surface area contributed by atoms with Gasteiger partial charge in [-0.25, -0.2) is 0 Å². The van der Waals surface area contributed by atoms with Crippen LogP contribution in [0.25, 0.3) is 0 Å². The molecule has 1 rings (SSSR count). The molecule has 11 heteroatoms. The quantitative estimate of drug-likeness (QED) is 0.0215. The number of nitrogens with one attached hydrogen (secondary N) is 1. The molecule has 79 heavy (non-hydrogen) atoms. The van der Waals surface area contributed by atoms with Crippen molar-refractivity contribution in [2.75, 3.05) is 13.2 Å². The first kappa shape index (κ1) is 75.6. The molecule has 0 aromatic carbocycles. The Morgan fingerprint density at radius 3 is 1.13 bits per heavy atom. The van der Waals surface area contributed by atoms with Crippen LogP contribution in [-0.4, -0.2) is 110 Å². The molecule has 0 radical (unpaired) electrons. The summed E-state index contributed by atoms with van der Waals surface area (Å²) in [6, 6.07) is -1.17. The second-order valence-electron chi connectivity index (χ2n) is 24.3. The Morgan fingerprint density at radius 1 is 0.443 bits per heavy atom. The second-order valence-corrected chi connectivity index (χ2v) is 24.3. The zero-order chi connectivity index (χ0) is 57.5. The van der Waals surface area contributed by atoms with Crippen molar-refractivity contribution in [2.45, 2.75) is 390 Å². The van der Waals surface area contributed by atoms with Crippen LogP contribution in [0.5, 0.6) is 0 Å². The predicted octanol–water partition coefficient (Wildman–Crippen LogP) is 16.0. The van der Waals surface area contributed by atoms with Crippen LogP contribution in [0.2, 0.25) is 0 Å². The molecule has 1 fully saturated rings. The van der Waals surface area contributed by atoms with Gasteiger partial charge in [-0.1, -0.05) is 314 Å². The first-order valence-corrected chi connectivity index (χ1v) is 34.2. The molecule has 9 atom stereocenters. The highest BCUT2D eigenvalue weighted by Gasteiger charge is 2.44. The van der Waals surface area contributed by atoms with Crippen molar-refractivity contribution in [2.24, 2.45) is 0 Å². The zero-order valence-corrected chi connectivity index (χ0v) is 51.6. The van der Waals surface area contributed by atoms with E-state index in [0.717, 1.165) is 44.9 Å². The fourth-order valence-electron chi connectivity index (χ4n) is 11.2. The van der Waals surface area contributed by atoms with Crippen molar-refractivity contribution >= 4 is 5.91 Å². The highest BCUT2D eigenvalue weighted by Crippen LogP contribution is 2.24. The summed E-state index contributed by atoms with van der Waals surface area (Å²) in [5, 5.41) is 76.5. The Labute approximate surface area is 486 Å². The molecule has 11 nitrogen and oxygen atoms in total. The van der Waals surface area contributed by atoms with Gasteiger partial charge in [0.15, 0.2) is 6.29 Å². The lowest BCUT2D eigenvalue weighted by molar-refractivity contribution is -0.303. The Bertz CT molecular complexity index is 1330. The summed E-state index contributed by atoms with van der Waals surface area (Å²) in [7, 11) is 0. The van der Waals surface area contributed by atoms with Crippen LogP contribution in [0.1, 0.15) is 335 Å². The van der Waals surface area contributed by atoms with Gasteiger partial charge in [0.2, 0.25) is 5.91 Å². The van der Waals surface area contributed by atoms with E-state index in [1.165, 1.54) is 250 Å². The van der Waals surface area contributed by atoms with E-state index in [1.54, 1.807) is 0 Å². The summed E-state index contributed by atoms with van der Waals surface area (Å²) in [4.78, 5) is 13.2. The minimum Gasteiger partial charge on any atom is -0.394 e. The average molecular weight is 1120 g/mol. The molecule has 468 valence electrons. The molecule has 0 saturated carbocycles. The van der Waals surface area contributed by atoms with E-state index in [4.69, 9.17) is 9.47 Å². The number of amides is 1. The maximum atomic E-state index is 13.2. The van der Waals surface area contributed by atoms with Crippen molar-refractivity contribution in [3.63, 3.8) is 0 Å². The Balaban J connectivity index is 2.21. The Hall–Kier alpha value is -1.41. The van der Waals surface area contributed by atoms with E-state index in [9.17, 15) is 40.5 Å². The number of carbonyl (C=O) groups excluding carboxylic acids is 1. The highest BCUT2D eigenvalue weighted by atomic mass is 16.7. The number of aliphatic hydroxyl groups is 7. The van der Waals surface area contributed by atoms with E-state index in [0.29, 0.717) is 19.3 Å². The maximum absolute atomic E-state index is 13.2. The van der Waals surface area contributed by atoms with Gasteiger partial charge in [-0.2, -0.15) is 0 Å². The van der Waals surface area contributed by atoms with Crippen LogP contribution in [0, 0.1) is 0 Å². The van der Waals surface area contributed by atoms with Gasteiger partial charge in [-0.05, 0) is 44.9 Å². The van der Waals surface area contributed by atoms with E-state index < -0.39 is 74.2 Å². The molecule has 1 amide bonds. The topological polar surface area (TPSA) is 189 Å². The first-order valence-electron chi connectivity index (χ1n) is 34.2. The molecule has 1 aliphatic heterocycles. The lowest BCUT2D eigenvalue weighted by Crippen LogP contribution is -2.60. The summed E-state index contributed by atoms with van der Waals surface area (Å²) >= 11 is 0. The van der Waals surface area contributed by atoms with Crippen molar-refractivity contribution in [1.29, 1.82) is 0 Å². The zero-order valence-electron chi connectivity index (χ0n) is 51.6. The number of hydrogen-bond donors (Lipinski definition) is 8. The monoisotopic (exact) mass is 1120 g/mol.